The Balaban J connectivity index is 1.53. The molecule has 13 heteroatoms. The molecule has 1 saturated heterocycles. The van der Waals surface area contributed by atoms with Gasteiger partial charge in [0.15, 0.2) is 17.4 Å². The lowest BCUT2D eigenvalue weighted by Crippen LogP contribution is -2.51. The van der Waals surface area contributed by atoms with Gasteiger partial charge in [0, 0.05) is 30.1 Å². The number of nitrogens with zero attached hydrogens (tertiary/aromatic N) is 3. The van der Waals surface area contributed by atoms with E-state index >= 15 is 0 Å². The summed E-state index contributed by atoms with van der Waals surface area (Å²) in [6.45, 7) is 1.90. The molecule has 1 fully saturated rings. The first-order valence-corrected chi connectivity index (χ1v) is 9.30. The van der Waals surface area contributed by atoms with Crippen LogP contribution in [0.3, 0.4) is 0 Å². The number of aliphatic hydroxyl groups excluding tert-OH is 1. The van der Waals surface area contributed by atoms with Crippen LogP contribution in [-0.2, 0) is 0 Å². The molecule has 3 aromatic rings. The number of aryl methyl sites for hydroxylation is 1. The van der Waals surface area contributed by atoms with Gasteiger partial charge >= 0.3 is 12.2 Å². The van der Waals surface area contributed by atoms with Gasteiger partial charge in [-0.1, -0.05) is 0 Å². The van der Waals surface area contributed by atoms with Crippen LogP contribution in [0, 0.1) is 18.6 Å². The van der Waals surface area contributed by atoms with Crippen LogP contribution < -0.4 is 15.5 Å². The number of urea groups is 1. The van der Waals surface area contributed by atoms with E-state index in [2.05, 4.69) is 15.3 Å². The summed E-state index contributed by atoms with van der Waals surface area (Å²) in [4.78, 5) is 21.8. The summed E-state index contributed by atoms with van der Waals surface area (Å²) in [5.74, 6) is -2.61. The lowest BCUT2D eigenvalue weighted by Gasteiger charge is -2.35. The molecule has 4 rings (SSSR count). The normalized spacial score (nSPS) is 15.5. The molecule has 170 valence electrons. The van der Waals surface area contributed by atoms with Crippen LogP contribution in [0.2, 0.25) is 0 Å². The summed E-state index contributed by atoms with van der Waals surface area (Å²) >= 11 is 0. The quantitative estimate of drug-likeness (QED) is 0.519. The summed E-state index contributed by atoms with van der Waals surface area (Å²) in [6, 6.07) is -2.53. The van der Waals surface area contributed by atoms with Gasteiger partial charge < -0.3 is 25.1 Å². The van der Waals surface area contributed by atoms with E-state index in [1.807, 2.05) is 0 Å². The highest BCUT2D eigenvalue weighted by molar-refractivity contribution is 5.89. The van der Waals surface area contributed by atoms with E-state index in [1.54, 1.807) is 10.2 Å². The van der Waals surface area contributed by atoms with Crippen molar-refractivity contribution in [3.8, 4) is 0 Å². The second kappa shape index (κ2) is 7.89. The fourth-order valence-electron chi connectivity index (χ4n) is 3.30. The molecule has 0 spiro atoms. The number of furan rings is 1. The number of rotatable bonds is 4. The Morgan fingerprint density at radius 3 is 2.50 bits per heavy atom. The molecule has 2 aromatic heterocycles. The minimum Gasteiger partial charge on any atom is -0.455 e. The number of hydrogen-bond acceptors (Lipinski definition) is 6. The largest absolute Gasteiger partial charge is 0.455 e. The lowest BCUT2D eigenvalue weighted by molar-refractivity contribution is -0.158. The standard InChI is InChI=1S/C19H16F5N5O3/c1-8-12-2-9(20)3-13(21)15(12)32-14(8)16(19(22,23)24)28-18(31)27-10-4-25-17(26-5-10)29-6-11(30)7-29/h2-5,11,16,30H,6-7H2,1H3,(H2,27,28,31)/t16-/m1/s1. The van der Waals surface area contributed by atoms with E-state index < -0.39 is 47.3 Å². The van der Waals surface area contributed by atoms with Gasteiger partial charge in [-0.15, -0.1) is 0 Å². The Morgan fingerprint density at radius 2 is 1.91 bits per heavy atom. The fraction of sp³-hybridized carbons (Fsp3) is 0.316. The maximum Gasteiger partial charge on any atom is 0.416 e. The van der Waals surface area contributed by atoms with Crippen LogP contribution in [-0.4, -0.2) is 46.5 Å². The molecule has 0 radical (unpaired) electrons. The SMILES string of the molecule is Cc1c([C@@H](NC(=O)Nc2cnc(N3CC(O)C3)nc2)C(F)(F)F)oc2c(F)cc(F)cc12. The Labute approximate surface area is 177 Å². The third-order valence-corrected chi connectivity index (χ3v) is 4.90. The summed E-state index contributed by atoms with van der Waals surface area (Å²) in [5.41, 5.74) is -0.691. The minimum absolute atomic E-state index is 0.0164. The van der Waals surface area contributed by atoms with Crippen molar-refractivity contribution >= 4 is 28.6 Å². The summed E-state index contributed by atoms with van der Waals surface area (Å²) in [5, 5.41) is 13.0. The van der Waals surface area contributed by atoms with Gasteiger partial charge in [0.25, 0.3) is 0 Å². The van der Waals surface area contributed by atoms with E-state index in [-0.39, 0.29) is 16.6 Å². The Hall–Kier alpha value is -3.48. The molecule has 3 heterocycles. The number of nitrogens with one attached hydrogen (secondary N) is 2. The molecule has 8 nitrogen and oxygen atoms in total. The molecule has 1 atom stereocenters. The van der Waals surface area contributed by atoms with Crippen molar-refractivity contribution in [2.75, 3.05) is 23.3 Å². The topological polar surface area (TPSA) is 104 Å². The van der Waals surface area contributed by atoms with Gasteiger partial charge in [-0.3, -0.25) is 0 Å². The van der Waals surface area contributed by atoms with Crippen LogP contribution in [0.25, 0.3) is 11.0 Å². The number of fused-ring (bicyclic) bond motifs is 1. The molecule has 32 heavy (non-hydrogen) atoms. The zero-order chi connectivity index (χ0) is 23.2. The maximum atomic E-state index is 13.9. The fourth-order valence-corrected chi connectivity index (χ4v) is 3.30. The molecular weight excluding hydrogens is 441 g/mol. The Morgan fingerprint density at radius 1 is 1.25 bits per heavy atom. The smallest absolute Gasteiger partial charge is 0.416 e. The van der Waals surface area contributed by atoms with Gasteiger partial charge in [-0.05, 0) is 13.0 Å². The van der Waals surface area contributed by atoms with Crippen LogP contribution in [0.5, 0.6) is 0 Å². The van der Waals surface area contributed by atoms with Crippen molar-refractivity contribution in [1.29, 1.82) is 0 Å². The molecule has 2 amide bonds. The number of alkyl halides is 3. The third kappa shape index (κ3) is 4.15. The molecular formula is C19H16F5N5O3. The number of hydrogen-bond donors (Lipinski definition) is 3. The lowest BCUT2D eigenvalue weighted by atomic mass is 10.1. The van der Waals surface area contributed by atoms with Gasteiger partial charge in [-0.25, -0.2) is 23.5 Å². The second-order valence-corrected chi connectivity index (χ2v) is 7.26. The predicted octanol–water partition coefficient (Wildman–Crippen LogP) is 3.42. The highest BCUT2D eigenvalue weighted by Gasteiger charge is 2.45. The number of carbonyl (C=O) groups is 1. The molecule has 1 aliphatic heterocycles. The van der Waals surface area contributed by atoms with E-state index in [9.17, 15) is 31.9 Å². The van der Waals surface area contributed by atoms with E-state index in [0.717, 1.165) is 6.07 Å². The third-order valence-electron chi connectivity index (χ3n) is 4.90. The second-order valence-electron chi connectivity index (χ2n) is 7.26. The first kappa shape index (κ1) is 21.7. The predicted molar refractivity (Wildman–Crippen MR) is 102 cm³/mol. The zero-order valence-electron chi connectivity index (χ0n) is 16.4. The highest BCUT2D eigenvalue weighted by Crippen LogP contribution is 2.39. The number of amides is 2. The monoisotopic (exact) mass is 457 g/mol. The van der Waals surface area contributed by atoms with Crippen LogP contribution in [0.4, 0.5) is 38.4 Å². The first-order valence-electron chi connectivity index (χ1n) is 9.30. The van der Waals surface area contributed by atoms with E-state index in [1.165, 1.54) is 19.3 Å². The summed E-state index contributed by atoms with van der Waals surface area (Å²) in [7, 11) is 0. The number of halogens is 5. The van der Waals surface area contributed by atoms with Crippen molar-refractivity contribution in [2.24, 2.45) is 0 Å². The van der Waals surface area contributed by atoms with E-state index in [4.69, 9.17) is 4.42 Å². The highest BCUT2D eigenvalue weighted by atomic mass is 19.4. The molecule has 1 aromatic carbocycles. The average Bonchev–Trinajstić information content (AvgIpc) is 3.00. The van der Waals surface area contributed by atoms with Crippen molar-refractivity contribution in [3.63, 3.8) is 0 Å². The number of benzene rings is 1. The number of β-amino-alcohol motifs (C(OH)–C–C–N with tert-alkyl or cyclic N) is 1. The molecule has 0 aliphatic carbocycles. The Kier molecular flexibility index (Phi) is 5.36. The van der Waals surface area contributed by atoms with Gasteiger partial charge in [-0.2, -0.15) is 13.2 Å². The van der Waals surface area contributed by atoms with Crippen molar-refractivity contribution in [3.05, 3.63) is 47.5 Å². The maximum absolute atomic E-state index is 13.9. The summed E-state index contributed by atoms with van der Waals surface area (Å²) in [6.07, 6.45) is -3.09. The van der Waals surface area contributed by atoms with E-state index in [0.29, 0.717) is 25.1 Å². The van der Waals surface area contributed by atoms with Crippen LogP contribution >= 0.6 is 0 Å². The number of anilines is 2. The first-order chi connectivity index (χ1) is 15.0. The Bertz CT molecular complexity index is 1160. The van der Waals surface area contributed by atoms with Crippen LogP contribution in [0.15, 0.2) is 28.9 Å². The van der Waals surface area contributed by atoms with Gasteiger partial charge in [0.2, 0.25) is 5.95 Å². The number of carbonyl (C=O) groups excluding carboxylic acids is 1. The zero-order valence-corrected chi connectivity index (χ0v) is 16.4. The number of aliphatic hydroxyl groups is 1. The van der Waals surface area contributed by atoms with Crippen molar-refractivity contribution in [2.45, 2.75) is 25.2 Å². The van der Waals surface area contributed by atoms with Gasteiger partial charge in [0.05, 0.1) is 24.2 Å². The minimum atomic E-state index is -5.00. The summed E-state index contributed by atoms with van der Waals surface area (Å²) < 4.78 is 73.5. The molecule has 0 bridgehead atoms. The number of aromatic nitrogens is 2. The molecule has 0 unspecified atom stereocenters. The average molecular weight is 457 g/mol. The molecule has 0 saturated carbocycles. The molecule has 1 aliphatic rings. The van der Waals surface area contributed by atoms with Crippen molar-refractivity contribution < 1.29 is 36.3 Å². The van der Waals surface area contributed by atoms with Crippen LogP contribution in [0.1, 0.15) is 17.4 Å². The van der Waals surface area contributed by atoms with Gasteiger partial charge in [0.1, 0.15) is 11.6 Å². The molecule has 3 N–H and O–H groups in total. The van der Waals surface area contributed by atoms with Crippen molar-refractivity contribution in [1.82, 2.24) is 15.3 Å².